The van der Waals surface area contributed by atoms with Crippen molar-refractivity contribution in [2.75, 3.05) is 18.4 Å². The Morgan fingerprint density at radius 2 is 1.67 bits per heavy atom. The number of halogens is 4. The number of hydrogen-bond acceptors (Lipinski definition) is 4. The van der Waals surface area contributed by atoms with Gasteiger partial charge < -0.3 is 15.3 Å². The first kappa shape index (κ1) is 24.5. The van der Waals surface area contributed by atoms with E-state index in [1.54, 1.807) is 0 Å². The predicted molar refractivity (Wildman–Crippen MR) is 122 cm³/mol. The van der Waals surface area contributed by atoms with E-state index in [-0.39, 0.29) is 5.91 Å². The molecule has 3 aromatic rings. The molecule has 6 nitrogen and oxygen atoms in total. The van der Waals surface area contributed by atoms with Crippen molar-refractivity contribution < 1.29 is 27.9 Å². The van der Waals surface area contributed by atoms with Crippen LogP contribution in [0.15, 0.2) is 65.4 Å². The van der Waals surface area contributed by atoms with Crippen molar-refractivity contribution in [2.45, 2.75) is 25.1 Å². The zero-order valence-corrected chi connectivity index (χ0v) is 18.9. The second kappa shape index (κ2) is 10.7. The molecule has 1 aliphatic rings. The summed E-state index contributed by atoms with van der Waals surface area (Å²) >= 11 is 3.41. The third-order valence-electron chi connectivity index (χ3n) is 5.13. The van der Waals surface area contributed by atoms with Crippen LogP contribution in [0.25, 0.3) is 10.8 Å². The number of rotatable bonds is 3. The van der Waals surface area contributed by atoms with Crippen LogP contribution in [0, 0.1) is 0 Å². The highest BCUT2D eigenvalue weighted by Gasteiger charge is 2.38. The van der Waals surface area contributed by atoms with Crippen LogP contribution >= 0.6 is 15.9 Å². The van der Waals surface area contributed by atoms with Crippen LogP contribution in [0.5, 0.6) is 0 Å². The lowest BCUT2D eigenvalue weighted by molar-refractivity contribution is -0.192. The molecule has 4 rings (SSSR count). The largest absolute Gasteiger partial charge is 0.490 e. The summed E-state index contributed by atoms with van der Waals surface area (Å²) in [6, 6.07) is 16.4. The average Bonchev–Trinajstić information content (AvgIpc) is 2.79. The van der Waals surface area contributed by atoms with E-state index < -0.39 is 12.1 Å². The maximum atomic E-state index is 12.6. The topological polar surface area (TPSA) is 82.5 Å². The first-order valence-electron chi connectivity index (χ1n) is 10.1. The number of carbonyl (C=O) groups is 2. The van der Waals surface area contributed by atoms with Crippen LogP contribution in [-0.4, -0.2) is 52.2 Å². The fraction of sp³-hybridized carbons (Fsp3) is 0.261. The van der Waals surface area contributed by atoms with Gasteiger partial charge in [-0.2, -0.15) is 13.2 Å². The molecular formula is C23H21BrF3N3O3. The summed E-state index contributed by atoms with van der Waals surface area (Å²) in [5.41, 5.74) is 1.88. The number of benzene rings is 2. The van der Waals surface area contributed by atoms with Gasteiger partial charge in [-0.05, 0) is 60.7 Å². The summed E-state index contributed by atoms with van der Waals surface area (Å²) in [6.45, 7) is 1.56. The van der Waals surface area contributed by atoms with E-state index in [0.29, 0.717) is 6.04 Å². The lowest BCUT2D eigenvalue weighted by atomic mass is 10.0. The first-order chi connectivity index (χ1) is 15.6. The molecule has 2 aromatic carbocycles. The molecule has 0 saturated carbocycles. The van der Waals surface area contributed by atoms with Gasteiger partial charge >= 0.3 is 12.1 Å². The van der Waals surface area contributed by atoms with Crippen LogP contribution in [0.2, 0.25) is 0 Å². The highest BCUT2D eigenvalue weighted by Crippen LogP contribution is 2.22. The standard InChI is InChI=1S/C21H20BrN3O.C2HF3O2/c22-18-4-1-15(2-5-18)21(26)25-11-8-19(9-12-25)24-20-6-3-17-14-23-10-7-16(17)13-20;3-2(4,5)1(6)7/h1-7,10,13-14,19,24H,8-9,11-12H2;(H,6,7). The average molecular weight is 524 g/mol. The Hall–Kier alpha value is -3.14. The van der Waals surface area contributed by atoms with Crippen molar-refractivity contribution in [1.82, 2.24) is 9.88 Å². The number of aromatic nitrogens is 1. The Morgan fingerprint density at radius 3 is 2.27 bits per heavy atom. The number of carboxylic acids is 1. The number of pyridine rings is 1. The van der Waals surface area contributed by atoms with E-state index in [1.165, 1.54) is 5.39 Å². The van der Waals surface area contributed by atoms with Gasteiger partial charge in [0.15, 0.2) is 0 Å². The normalized spacial score (nSPS) is 14.4. The van der Waals surface area contributed by atoms with Gasteiger partial charge in [0.2, 0.25) is 0 Å². The number of nitrogens with one attached hydrogen (secondary N) is 1. The number of carbonyl (C=O) groups excluding carboxylic acids is 1. The van der Waals surface area contributed by atoms with E-state index in [4.69, 9.17) is 9.90 Å². The lowest BCUT2D eigenvalue weighted by Crippen LogP contribution is -2.42. The maximum Gasteiger partial charge on any atom is 0.490 e. The molecule has 1 saturated heterocycles. The summed E-state index contributed by atoms with van der Waals surface area (Å²) in [5.74, 6) is -2.64. The number of aliphatic carboxylic acids is 1. The van der Waals surface area contributed by atoms with Crippen molar-refractivity contribution >= 4 is 44.3 Å². The van der Waals surface area contributed by atoms with Gasteiger partial charge in [-0.15, -0.1) is 0 Å². The Morgan fingerprint density at radius 1 is 1.03 bits per heavy atom. The molecule has 1 aromatic heterocycles. The molecule has 0 unspecified atom stereocenters. The number of nitrogens with zero attached hydrogens (tertiary/aromatic N) is 2. The molecule has 0 spiro atoms. The van der Waals surface area contributed by atoms with Gasteiger partial charge in [-0.25, -0.2) is 4.79 Å². The number of carboxylic acid groups (broad SMARTS) is 1. The number of hydrogen-bond donors (Lipinski definition) is 2. The monoisotopic (exact) mass is 523 g/mol. The van der Waals surface area contributed by atoms with Crippen molar-refractivity contribution in [1.29, 1.82) is 0 Å². The quantitative estimate of drug-likeness (QED) is 0.483. The van der Waals surface area contributed by atoms with E-state index in [0.717, 1.165) is 47.0 Å². The second-order valence-corrected chi connectivity index (χ2v) is 8.37. The van der Waals surface area contributed by atoms with Gasteiger partial charge in [-0.1, -0.05) is 22.0 Å². The first-order valence-corrected chi connectivity index (χ1v) is 10.9. The smallest absolute Gasteiger partial charge is 0.475 e. The molecule has 1 amide bonds. The molecule has 174 valence electrons. The minimum Gasteiger partial charge on any atom is -0.475 e. The highest BCUT2D eigenvalue weighted by molar-refractivity contribution is 9.10. The summed E-state index contributed by atoms with van der Waals surface area (Å²) in [4.78, 5) is 27.6. The fourth-order valence-corrected chi connectivity index (χ4v) is 3.68. The van der Waals surface area contributed by atoms with Gasteiger partial charge in [0.1, 0.15) is 0 Å². The zero-order valence-electron chi connectivity index (χ0n) is 17.3. The van der Waals surface area contributed by atoms with Crippen molar-refractivity contribution in [3.05, 3.63) is 71.0 Å². The number of alkyl halides is 3. The summed E-state index contributed by atoms with van der Waals surface area (Å²) in [6.07, 6.45) is 0.525. The van der Waals surface area contributed by atoms with Crippen LogP contribution < -0.4 is 5.32 Å². The van der Waals surface area contributed by atoms with Crippen LogP contribution in [0.1, 0.15) is 23.2 Å². The van der Waals surface area contributed by atoms with Crippen LogP contribution in [-0.2, 0) is 4.79 Å². The summed E-state index contributed by atoms with van der Waals surface area (Å²) in [7, 11) is 0. The molecule has 1 fully saturated rings. The third-order valence-corrected chi connectivity index (χ3v) is 5.66. The van der Waals surface area contributed by atoms with E-state index >= 15 is 0 Å². The Labute approximate surface area is 196 Å². The number of likely N-dealkylation sites (tertiary alicyclic amines) is 1. The van der Waals surface area contributed by atoms with Gasteiger partial charge in [0.25, 0.3) is 5.91 Å². The summed E-state index contributed by atoms with van der Waals surface area (Å²) in [5, 5.41) is 13.1. The number of fused-ring (bicyclic) bond motifs is 1. The Balaban J connectivity index is 0.000000383. The van der Waals surface area contributed by atoms with Crippen molar-refractivity contribution in [3.8, 4) is 0 Å². The van der Waals surface area contributed by atoms with Gasteiger partial charge in [0, 0.05) is 52.6 Å². The highest BCUT2D eigenvalue weighted by atomic mass is 79.9. The van der Waals surface area contributed by atoms with Crippen LogP contribution in [0.4, 0.5) is 18.9 Å². The summed E-state index contributed by atoms with van der Waals surface area (Å²) < 4.78 is 32.7. The van der Waals surface area contributed by atoms with E-state index in [9.17, 15) is 18.0 Å². The molecule has 2 N–H and O–H groups in total. The minimum absolute atomic E-state index is 0.120. The minimum atomic E-state index is -5.08. The van der Waals surface area contributed by atoms with Gasteiger partial charge in [-0.3, -0.25) is 9.78 Å². The molecule has 1 aliphatic heterocycles. The number of anilines is 1. The molecule has 0 radical (unpaired) electrons. The molecule has 0 bridgehead atoms. The third kappa shape index (κ3) is 6.92. The SMILES string of the molecule is O=C(O)C(F)(F)F.O=C(c1ccc(Br)cc1)N1CCC(Nc2ccc3cnccc3c2)CC1. The van der Waals surface area contributed by atoms with E-state index in [2.05, 4.69) is 44.4 Å². The number of piperidine rings is 1. The van der Waals surface area contributed by atoms with Gasteiger partial charge in [0.05, 0.1) is 0 Å². The Kier molecular flexibility index (Phi) is 7.91. The van der Waals surface area contributed by atoms with E-state index in [1.807, 2.05) is 47.6 Å². The zero-order chi connectivity index (χ0) is 24.0. The molecule has 0 aliphatic carbocycles. The molecular weight excluding hydrogens is 503 g/mol. The van der Waals surface area contributed by atoms with Crippen molar-refractivity contribution in [2.24, 2.45) is 0 Å². The number of amides is 1. The molecule has 33 heavy (non-hydrogen) atoms. The molecule has 2 heterocycles. The maximum absolute atomic E-state index is 12.6. The lowest BCUT2D eigenvalue weighted by Gasteiger charge is -2.33. The van der Waals surface area contributed by atoms with Crippen LogP contribution in [0.3, 0.4) is 0 Å². The molecule has 10 heteroatoms. The molecule has 0 atom stereocenters. The van der Waals surface area contributed by atoms with Crippen molar-refractivity contribution in [3.63, 3.8) is 0 Å². The fourth-order valence-electron chi connectivity index (χ4n) is 3.41. The Bertz CT molecular complexity index is 1120. The second-order valence-electron chi connectivity index (χ2n) is 7.46. The predicted octanol–water partition coefficient (Wildman–Crippen LogP) is 5.35.